The van der Waals surface area contributed by atoms with Crippen LogP contribution in [-0.2, 0) is 9.53 Å². The van der Waals surface area contributed by atoms with Gasteiger partial charge in [-0.2, -0.15) is 0 Å². The Morgan fingerprint density at radius 3 is 2.29 bits per heavy atom. The molecule has 0 unspecified atom stereocenters. The molecule has 0 aliphatic carbocycles. The van der Waals surface area contributed by atoms with Gasteiger partial charge in [0.1, 0.15) is 0 Å². The van der Waals surface area contributed by atoms with Gasteiger partial charge in [0.2, 0.25) is 0 Å². The summed E-state index contributed by atoms with van der Waals surface area (Å²) in [5, 5.41) is 11.7. The molecule has 2 heterocycles. The number of ether oxygens (including phenoxy) is 1. The van der Waals surface area contributed by atoms with Crippen molar-refractivity contribution in [2.75, 3.05) is 72.1 Å². The Bertz CT molecular complexity index is 352. The van der Waals surface area contributed by atoms with Crippen LogP contribution in [0, 0.1) is 0 Å². The van der Waals surface area contributed by atoms with Gasteiger partial charge in [0.15, 0.2) is 0 Å². The molecule has 2 amide bonds. The third kappa shape index (κ3) is 5.49. The van der Waals surface area contributed by atoms with Gasteiger partial charge in [-0.25, -0.2) is 4.79 Å². The zero-order valence-corrected chi connectivity index (χ0v) is 12.3. The van der Waals surface area contributed by atoms with Gasteiger partial charge in [-0.15, -0.1) is 0 Å². The fourth-order valence-electron chi connectivity index (χ4n) is 2.56. The maximum absolute atomic E-state index is 12.0. The van der Waals surface area contributed by atoms with Gasteiger partial charge in [0.25, 0.3) is 0 Å². The number of carbonyl (C=O) groups is 2. The molecule has 2 saturated heterocycles. The first-order valence-corrected chi connectivity index (χ1v) is 7.42. The van der Waals surface area contributed by atoms with Crippen LogP contribution in [0.25, 0.3) is 0 Å². The van der Waals surface area contributed by atoms with Crippen LogP contribution in [-0.4, -0.2) is 104 Å². The maximum Gasteiger partial charge on any atom is 0.317 e. The molecule has 0 aromatic heterocycles. The first kappa shape index (κ1) is 16.0. The van der Waals surface area contributed by atoms with Gasteiger partial charge in [-0.05, 0) is 0 Å². The van der Waals surface area contributed by atoms with Gasteiger partial charge in [0.05, 0.1) is 19.8 Å². The zero-order chi connectivity index (χ0) is 15.1. The van der Waals surface area contributed by atoms with Crippen LogP contribution in [0.15, 0.2) is 0 Å². The number of hydrogen-bond acceptors (Lipinski definition) is 5. The van der Waals surface area contributed by atoms with Crippen LogP contribution in [0.2, 0.25) is 0 Å². The highest BCUT2D eigenvalue weighted by Crippen LogP contribution is 2.02. The molecule has 8 nitrogen and oxygen atoms in total. The molecule has 120 valence electrons. The standard InChI is InChI=1S/C13H24N4O4/c18-12(19)11-16-3-5-17(6-4-16)13(20)14-1-2-15-7-9-21-10-8-15/h1-11H2,(H,14,20)(H,18,19). The van der Waals surface area contributed by atoms with Gasteiger partial charge in [-0.3, -0.25) is 14.6 Å². The Labute approximate surface area is 124 Å². The molecule has 0 aromatic rings. The van der Waals surface area contributed by atoms with E-state index in [4.69, 9.17) is 9.84 Å². The van der Waals surface area contributed by atoms with Gasteiger partial charge in [-0.1, -0.05) is 0 Å². The Hall–Kier alpha value is -1.38. The molecular formula is C13H24N4O4. The summed E-state index contributed by atoms with van der Waals surface area (Å²) in [5.41, 5.74) is 0. The van der Waals surface area contributed by atoms with E-state index in [0.29, 0.717) is 32.7 Å². The van der Waals surface area contributed by atoms with Crippen LogP contribution >= 0.6 is 0 Å². The Morgan fingerprint density at radius 2 is 1.67 bits per heavy atom. The fourth-order valence-corrected chi connectivity index (χ4v) is 2.56. The average Bonchev–Trinajstić information content (AvgIpc) is 2.48. The minimum atomic E-state index is -0.821. The number of morpholine rings is 1. The largest absolute Gasteiger partial charge is 0.480 e. The zero-order valence-electron chi connectivity index (χ0n) is 12.3. The summed E-state index contributed by atoms with van der Waals surface area (Å²) in [6.07, 6.45) is 0. The van der Waals surface area contributed by atoms with E-state index in [0.717, 1.165) is 32.8 Å². The maximum atomic E-state index is 12.0. The van der Waals surface area contributed by atoms with Crippen molar-refractivity contribution in [3.05, 3.63) is 0 Å². The summed E-state index contributed by atoms with van der Waals surface area (Å²) >= 11 is 0. The number of carbonyl (C=O) groups excluding carboxylic acids is 1. The average molecular weight is 300 g/mol. The van der Waals surface area contributed by atoms with Crippen LogP contribution in [0.3, 0.4) is 0 Å². The number of amides is 2. The van der Waals surface area contributed by atoms with Crippen molar-refractivity contribution in [1.29, 1.82) is 0 Å². The SMILES string of the molecule is O=C(O)CN1CCN(C(=O)NCCN2CCOCC2)CC1. The fraction of sp³-hybridized carbons (Fsp3) is 0.846. The predicted octanol–water partition coefficient (Wildman–Crippen LogP) is -1.27. The highest BCUT2D eigenvalue weighted by molar-refractivity contribution is 5.74. The second-order valence-corrected chi connectivity index (χ2v) is 5.34. The van der Waals surface area contributed by atoms with E-state index in [9.17, 15) is 9.59 Å². The number of rotatable bonds is 5. The number of hydrogen-bond donors (Lipinski definition) is 2. The molecule has 21 heavy (non-hydrogen) atoms. The summed E-state index contributed by atoms with van der Waals surface area (Å²) in [5.74, 6) is -0.821. The van der Waals surface area contributed by atoms with E-state index in [1.165, 1.54) is 0 Å². The Balaban J connectivity index is 1.59. The van der Waals surface area contributed by atoms with E-state index < -0.39 is 5.97 Å². The van der Waals surface area contributed by atoms with Gasteiger partial charge >= 0.3 is 12.0 Å². The highest BCUT2D eigenvalue weighted by Gasteiger charge is 2.22. The summed E-state index contributed by atoms with van der Waals surface area (Å²) in [6, 6.07) is -0.0572. The van der Waals surface area contributed by atoms with Crippen LogP contribution < -0.4 is 5.32 Å². The van der Waals surface area contributed by atoms with E-state index >= 15 is 0 Å². The number of nitrogens with one attached hydrogen (secondary N) is 1. The lowest BCUT2D eigenvalue weighted by molar-refractivity contribution is -0.138. The molecule has 8 heteroatoms. The first-order valence-electron chi connectivity index (χ1n) is 7.42. The third-order valence-electron chi connectivity index (χ3n) is 3.83. The quantitative estimate of drug-likeness (QED) is 0.658. The first-order chi connectivity index (χ1) is 10.1. The topological polar surface area (TPSA) is 85.3 Å². The molecule has 2 aliphatic rings. The van der Waals surface area contributed by atoms with Crippen molar-refractivity contribution < 1.29 is 19.4 Å². The monoisotopic (exact) mass is 300 g/mol. The molecule has 0 spiro atoms. The van der Waals surface area contributed by atoms with E-state index in [-0.39, 0.29) is 12.6 Å². The Morgan fingerprint density at radius 1 is 1.00 bits per heavy atom. The minimum Gasteiger partial charge on any atom is -0.480 e. The van der Waals surface area contributed by atoms with Gasteiger partial charge < -0.3 is 20.1 Å². The van der Waals surface area contributed by atoms with Gasteiger partial charge in [0, 0.05) is 52.4 Å². The molecular weight excluding hydrogens is 276 g/mol. The lowest BCUT2D eigenvalue weighted by Gasteiger charge is -2.34. The summed E-state index contributed by atoms with van der Waals surface area (Å²) in [4.78, 5) is 28.5. The predicted molar refractivity (Wildman–Crippen MR) is 76.3 cm³/mol. The number of nitrogens with zero attached hydrogens (tertiary/aromatic N) is 3. The third-order valence-corrected chi connectivity index (χ3v) is 3.83. The molecule has 2 rings (SSSR count). The smallest absolute Gasteiger partial charge is 0.317 e. The van der Waals surface area contributed by atoms with E-state index in [1.54, 1.807) is 4.90 Å². The van der Waals surface area contributed by atoms with Crippen molar-refractivity contribution >= 4 is 12.0 Å². The van der Waals surface area contributed by atoms with Crippen LogP contribution in [0.5, 0.6) is 0 Å². The van der Waals surface area contributed by atoms with Crippen LogP contribution in [0.4, 0.5) is 4.79 Å². The summed E-state index contributed by atoms with van der Waals surface area (Å²) < 4.78 is 5.28. The number of aliphatic carboxylic acids is 1. The lowest BCUT2D eigenvalue weighted by atomic mass is 10.3. The van der Waals surface area contributed by atoms with E-state index in [1.807, 2.05) is 4.90 Å². The van der Waals surface area contributed by atoms with Crippen molar-refractivity contribution in [2.45, 2.75) is 0 Å². The molecule has 2 N–H and O–H groups in total. The summed E-state index contributed by atoms with van der Waals surface area (Å²) in [7, 11) is 0. The number of piperazine rings is 1. The van der Waals surface area contributed by atoms with Crippen molar-refractivity contribution in [3.63, 3.8) is 0 Å². The normalized spacial score (nSPS) is 21.2. The van der Waals surface area contributed by atoms with Crippen LogP contribution in [0.1, 0.15) is 0 Å². The van der Waals surface area contributed by atoms with Crippen molar-refractivity contribution in [2.24, 2.45) is 0 Å². The Kier molecular flexibility index (Phi) is 6.21. The van der Waals surface area contributed by atoms with Crippen molar-refractivity contribution in [3.8, 4) is 0 Å². The van der Waals surface area contributed by atoms with E-state index in [2.05, 4.69) is 10.2 Å². The number of carboxylic acids is 1. The molecule has 0 bridgehead atoms. The lowest BCUT2D eigenvalue weighted by Crippen LogP contribution is -2.53. The molecule has 0 aromatic carbocycles. The second-order valence-electron chi connectivity index (χ2n) is 5.34. The second kappa shape index (κ2) is 8.16. The molecule has 2 aliphatic heterocycles. The summed E-state index contributed by atoms with van der Waals surface area (Å²) in [6.45, 7) is 7.28. The minimum absolute atomic E-state index is 0.0481. The number of urea groups is 1. The van der Waals surface area contributed by atoms with Crippen molar-refractivity contribution in [1.82, 2.24) is 20.0 Å². The molecule has 0 radical (unpaired) electrons. The number of carboxylic acid groups (broad SMARTS) is 1. The molecule has 0 saturated carbocycles. The highest BCUT2D eigenvalue weighted by atomic mass is 16.5. The molecule has 0 atom stereocenters. The molecule has 2 fully saturated rings.